The van der Waals surface area contributed by atoms with Crippen LogP contribution in [0.15, 0.2) is 35.6 Å². The van der Waals surface area contributed by atoms with Gasteiger partial charge >= 0.3 is 5.92 Å². The number of nitrogens with two attached hydrogens (primary N) is 1. The zero-order chi connectivity index (χ0) is 22.2. The molecule has 1 aromatic carbocycles. The molecule has 0 saturated heterocycles. The number of halogens is 3. The molecule has 1 fully saturated rings. The molecule has 0 radical (unpaired) electrons. The number of nitrogens with zero attached hydrogens (tertiary/aromatic N) is 3. The third kappa shape index (κ3) is 4.25. The Bertz CT molecular complexity index is 1030. The van der Waals surface area contributed by atoms with Gasteiger partial charge in [-0.05, 0) is 43.9 Å². The normalized spacial score (nSPS) is 22.3. The van der Waals surface area contributed by atoms with Crippen LogP contribution in [0.5, 0.6) is 5.88 Å². The van der Waals surface area contributed by atoms with Crippen molar-refractivity contribution in [2.24, 2.45) is 16.6 Å². The molecular weight excluding hydrogens is 415 g/mol. The molecule has 0 bridgehead atoms. The van der Waals surface area contributed by atoms with E-state index in [1.807, 2.05) is 0 Å². The van der Waals surface area contributed by atoms with E-state index < -0.39 is 41.4 Å². The number of hydrogen-bond acceptors (Lipinski definition) is 7. The third-order valence-corrected chi connectivity index (χ3v) is 5.20. The smallest absolute Gasteiger partial charge is 0.310 e. The van der Waals surface area contributed by atoms with Crippen LogP contribution >= 0.6 is 0 Å². The topological polar surface area (TPSA) is 112 Å². The highest BCUT2D eigenvalue weighted by molar-refractivity contribution is 6.02. The zero-order valence-electron chi connectivity index (χ0n) is 16.6. The lowest BCUT2D eigenvalue weighted by atomic mass is 9.87. The molecule has 1 aromatic heterocycles. The quantitative estimate of drug-likeness (QED) is 0.722. The van der Waals surface area contributed by atoms with E-state index in [1.54, 1.807) is 0 Å². The van der Waals surface area contributed by atoms with Gasteiger partial charge in [0.2, 0.25) is 11.5 Å². The first-order chi connectivity index (χ1) is 14.7. The van der Waals surface area contributed by atoms with E-state index in [-0.39, 0.29) is 11.4 Å². The number of anilines is 1. The van der Waals surface area contributed by atoms with Crippen LogP contribution in [0.1, 0.15) is 35.8 Å². The monoisotopic (exact) mass is 435 g/mol. The van der Waals surface area contributed by atoms with Crippen molar-refractivity contribution in [2.45, 2.75) is 31.3 Å². The van der Waals surface area contributed by atoms with Crippen LogP contribution in [0, 0.1) is 11.7 Å². The molecule has 1 saturated carbocycles. The largest absolute Gasteiger partial charge is 0.476 e. The van der Waals surface area contributed by atoms with E-state index in [1.165, 1.54) is 18.5 Å². The molecule has 1 aliphatic heterocycles. The lowest BCUT2D eigenvalue weighted by molar-refractivity contribution is -0.173. The van der Waals surface area contributed by atoms with Crippen molar-refractivity contribution in [3.63, 3.8) is 0 Å². The van der Waals surface area contributed by atoms with Crippen molar-refractivity contribution in [1.82, 2.24) is 9.97 Å². The Morgan fingerprint density at radius 3 is 2.77 bits per heavy atom. The number of amidine groups is 1. The Balaban J connectivity index is 1.51. The summed E-state index contributed by atoms with van der Waals surface area (Å²) in [5.74, 6) is -4.27. The number of benzene rings is 1. The summed E-state index contributed by atoms with van der Waals surface area (Å²) in [5, 5.41) is 2.49. The summed E-state index contributed by atoms with van der Waals surface area (Å²) in [6, 6.07) is 2.79. The number of carbonyl (C=O) groups excluding carboxylic acids is 1. The van der Waals surface area contributed by atoms with Crippen LogP contribution in [0.25, 0.3) is 0 Å². The number of nitrogens with one attached hydrogen (secondary N) is 1. The van der Waals surface area contributed by atoms with Crippen molar-refractivity contribution >= 4 is 17.6 Å². The molecule has 1 aliphatic carbocycles. The fourth-order valence-corrected chi connectivity index (χ4v) is 3.06. The summed E-state index contributed by atoms with van der Waals surface area (Å²) in [7, 11) is 0. The molecule has 1 amide bonds. The molecule has 2 heterocycles. The third-order valence-electron chi connectivity index (χ3n) is 5.20. The molecule has 0 spiro atoms. The molecule has 2 aromatic rings. The first-order valence-electron chi connectivity index (χ1n) is 9.61. The van der Waals surface area contributed by atoms with Crippen molar-refractivity contribution in [2.75, 3.05) is 18.5 Å². The van der Waals surface area contributed by atoms with Crippen molar-refractivity contribution in [1.29, 1.82) is 0 Å². The van der Waals surface area contributed by atoms with Gasteiger partial charge in [0.25, 0.3) is 11.9 Å². The van der Waals surface area contributed by atoms with Crippen LogP contribution in [0.2, 0.25) is 0 Å². The van der Waals surface area contributed by atoms with Crippen molar-refractivity contribution in [3.05, 3.63) is 47.7 Å². The number of amides is 1. The number of rotatable bonds is 6. The van der Waals surface area contributed by atoms with Gasteiger partial charge in [-0.15, -0.1) is 0 Å². The SMILES string of the molecule is C[C@]1(c2cc(NC(=O)c3cnc(OCC4CC4)cn3)ccc2F)OC(N)=NCC1(F)F. The van der Waals surface area contributed by atoms with Gasteiger partial charge in [-0.1, -0.05) is 0 Å². The number of carbonyl (C=O) groups is 1. The first-order valence-corrected chi connectivity index (χ1v) is 9.61. The number of ether oxygens (including phenoxy) is 2. The Kier molecular flexibility index (Phi) is 5.19. The lowest BCUT2D eigenvalue weighted by Crippen LogP contribution is -2.53. The number of aliphatic imine (C=N–C) groups is 1. The Morgan fingerprint density at radius 2 is 2.10 bits per heavy atom. The predicted octanol–water partition coefficient (Wildman–Crippen LogP) is 2.85. The van der Waals surface area contributed by atoms with Crippen LogP contribution in [-0.2, 0) is 10.3 Å². The van der Waals surface area contributed by atoms with E-state index in [0.717, 1.165) is 31.9 Å². The van der Waals surface area contributed by atoms with Crippen LogP contribution in [0.3, 0.4) is 0 Å². The standard InChI is InChI=1S/C20H20F3N5O3/c1-19(20(22,23)10-27-18(24)31-19)13-6-12(4-5-14(13)21)28-17(29)15-7-26-16(8-25-15)30-9-11-2-3-11/h4-8,11H,2-3,9-10H2,1H3,(H2,24,27)(H,28,29)/t19-/m1/s1. The molecule has 164 valence electrons. The molecule has 3 N–H and O–H groups in total. The molecule has 0 unspecified atom stereocenters. The van der Waals surface area contributed by atoms with Crippen LogP contribution in [0.4, 0.5) is 18.9 Å². The lowest BCUT2D eigenvalue weighted by Gasteiger charge is -2.39. The first kappa shape index (κ1) is 20.9. The Morgan fingerprint density at radius 1 is 1.32 bits per heavy atom. The van der Waals surface area contributed by atoms with Gasteiger partial charge in [0.15, 0.2) is 0 Å². The zero-order valence-corrected chi connectivity index (χ0v) is 16.6. The Labute approximate surface area is 175 Å². The van der Waals surface area contributed by atoms with Gasteiger partial charge in [0.05, 0.1) is 19.0 Å². The molecule has 4 rings (SSSR count). The molecule has 2 aliphatic rings. The van der Waals surface area contributed by atoms with Crippen molar-refractivity contribution in [3.8, 4) is 5.88 Å². The number of hydrogen-bond donors (Lipinski definition) is 2. The summed E-state index contributed by atoms with van der Waals surface area (Å²) in [5.41, 5.74) is 2.62. The molecule has 31 heavy (non-hydrogen) atoms. The maximum absolute atomic E-state index is 14.5. The highest BCUT2D eigenvalue weighted by atomic mass is 19.3. The minimum atomic E-state index is -3.53. The van der Waals surface area contributed by atoms with Gasteiger partial charge < -0.3 is 20.5 Å². The summed E-state index contributed by atoms with van der Waals surface area (Å²) in [6.45, 7) is 0.625. The van der Waals surface area contributed by atoms with E-state index in [2.05, 4.69) is 20.3 Å². The second-order valence-corrected chi connectivity index (χ2v) is 7.64. The highest BCUT2D eigenvalue weighted by Gasteiger charge is 2.57. The van der Waals surface area contributed by atoms with Crippen molar-refractivity contribution < 1.29 is 27.4 Å². The maximum atomic E-state index is 14.5. The predicted molar refractivity (Wildman–Crippen MR) is 104 cm³/mol. The summed E-state index contributed by atoms with van der Waals surface area (Å²) in [6.07, 6.45) is 4.82. The van der Waals surface area contributed by atoms with Gasteiger partial charge in [0.1, 0.15) is 18.1 Å². The second kappa shape index (κ2) is 7.71. The fourth-order valence-electron chi connectivity index (χ4n) is 3.06. The number of aromatic nitrogens is 2. The maximum Gasteiger partial charge on any atom is 0.310 e. The van der Waals surface area contributed by atoms with E-state index in [0.29, 0.717) is 18.4 Å². The van der Waals surface area contributed by atoms with Gasteiger partial charge in [-0.3, -0.25) is 4.79 Å². The summed E-state index contributed by atoms with van der Waals surface area (Å²) < 4.78 is 54.0. The molecular formula is C20H20F3N5O3. The minimum Gasteiger partial charge on any atom is -0.476 e. The molecule has 8 nitrogen and oxygen atoms in total. The minimum absolute atomic E-state index is 0.0218. The summed E-state index contributed by atoms with van der Waals surface area (Å²) in [4.78, 5) is 23.9. The van der Waals surface area contributed by atoms with E-state index in [9.17, 15) is 18.0 Å². The van der Waals surface area contributed by atoms with E-state index >= 15 is 0 Å². The van der Waals surface area contributed by atoms with Gasteiger partial charge in [-0.25, -0.2) is 19.4 Å². The average Bonchev–Trinajstić information content (AvgIpc) is 3.56. The van der Waals surface area contributed by atoms with Crippen LogP contribution in [-0.4, -0.2) is 41.0 Å². The summed E-state index contributed by atoms with van der Waals surface area (Å²) >= 11 is 0. The fraction of sp³-hybridized carbons (Fsp3) is 0.400. The molecule has 11 heteroatoms. The van der Waals surface area contributed by atoms with Gasteiger partial charge in [-0.2, -0.15) is 8.78 Å². The van der Waals surface area contributed by atoms with Gasteiger partial charge in [0, 0.05) is 11.3 Å². The highest BCUT2D eigenvalue weighted by Crippen LogP contribution is 2.44. The van der Waals surface area contributed by atoms with Crippen LogP contribution < -0.4 is 15.8 Å². The van der Waals surface area contributed by atoms with E-state index in [4.69, 9.17) is 15.2 Å². The Hall–Kier alpha value is -3.37. The average molecular weight is 435 g/mol. The second-order valence-electron chi connectivity index (χ2n) is 7.64. The number of alkyl halides is 2. The molecule has 1 atom stereocenters.